The van der Waals surface area contributed by atoms with E-state index < -0.39 is 0 Å². The fraction of sp³-hybridized carbons (Fsp3) is 0.333. The van der Waals surface area contributed by atoms with E-state index in [1.165, 1.54) is 11.1 Å². The Bertz CT molecular complexity index is 585. The molecule has 0 saturated heterocycles. The Hall–Kier alpha value is -1.41. The molecule has 0 aliphatic heterocycles. The summed E-state index contributed by atoms with van der Waals surface area (Å²) in [5.41, 5.74) is 2.66. The van der Waals surface area contributed by atoms with Gasteiger partial charge in [-0.25, -0.2) is 0 Å². The first-order chi connectivity index (χ1) is 9.42. The number of rotatable bonds is 4. The molecule has 0 aromatic heterocycles. The van der Waals surface area contributed by atoms with E-state index in [1.54, 1.807) is 11.8 Å². The molecule has 0 aliphatic carbocycles. The Kier molecular flexibility index (Phi) is 4.44. The van der Waals surface area contributed by atoms with Gasteiger partial charge in [-0.2, -0.15) is 0 Å². The molecular formula is C18H22OS. The van der Waals surface area contributed by atoms with Gasteiger partial charge in [0.05, 0.1) is 4.90 Å². The van der Waals surface area contributed by atoms with Gasteiger partial charge in [-0.05, 0) is 48.6 Å². The fourth-order valence-electron chi connectivity index (χ4n) is 1.95. The molecule has 106 valence electrons. The molecule has 2 rings (SSSR count). The van der Waals surface area contributed by atoms with E-state index in [4.69, 9.17) is 0 Å². The van der Waals surface area contributed by atoms with E-state index in [1.807, 2.05) is 12.1 Å². The third-order valence-electron chi connectivity index (χ3n) is 3.87. The zero-order valence-electron chi connectivity index (χ0n) is 12.6. The van der Waals surface area contributed by atoms with Gasteiger partial charge in [0.15, 0.2) is 0 Å². The summed E-state index contributed by atoms with van der Waals surface area (Å²) < 4.78 is 0. The quantitative estimate of drug-likeness (QED) is 0.796. The molecule has 2 heteroatoms. The van der Waals surface area contributed by atoms with Crippen LogP contribution >= 0.6 is 11.8 Å². The molecule has 0 bridgehead atoms. The number of phenols is 1. The smallest absolute Gasteiger partial charge is 0.129 e. The maximum absolute atomic E-state index is 10.1. The monoisotopic (exact) mass is 286 g/mol. The maximum atomic E-state index is 10.1. The molecule has 0 heterocycles. The van der Waals surface area contributed by atoms with Crippen LogP contribution in [0, 0.1) is 6.92 Å². The van der Waals surface area contributed by atoms with Crippen molar-refractivity contribution < 1.29 is 5.11 Å². The Morgan fingerprint density at radius 2 is 1.70 bits per heavy atom. The molecule has 20 heavy (non-hydrogen) atoms. The number of aromatic hydroxyl groups is 1. The van der Waals surface area contributed by atoms with Gasteiger partial charge < -0.3 is 5.11 Å². The summed E-state index contributed by atoms with van der Waals surface area (Å²) in [5, 5.41) is 10.1. The van der Waals surface area contributed by atoms with Gasteiger partial charge in [-0.3, -0.25) is 0 Å². The second-order valence-electron chi connectivity index (χ2n) is 5.84. The lowest BCUT2D eigenvalue weighted by atomic mass is 9.82. The van der Waals surface area contributed by atoms with Crippen LogP contribution in [0.3, 0.4) is 0 Å². The van der Waals surface area contributed by atoms with Crippen LogP contribution in [0.15, 0.2) is 52.3 Å². The molecule has 1 N–H and O–H groups in total. The minimum absolute atomic E-state index is 0.135. The molecule has 2 aromatic carbocycles. The highest BCUT2D eigenvalue weighted by molar-refractivity contribution is 7.99. The van der Waals surface area contributed by atoms with E-state index in [9.17, 15) is 5.11 Å². The van der Waals surface area contributed by atoms with Crippen molar-refractivity contribution in [3.63, 3.8) is 0 Å². The van der Waals surface area contributed by atoms with E-state index in [-0.39, 0.29) is 5.41 Å². The van der Waals surface area contributed by atoms with Crippen molar-refractivity contribution in [3.8, 4) is 5.75 Å². The zero-order chi connectivity index (χ0) is 14.8. The van der Waals surface area contributed by atoms with Gasteiger partial charge in [0, 0.05) is 4.90 Å². The summed E-state index contributed by atoms with van der Waals surface area (Å²) in [5.74, 6) is 0.353. The summed E-state index contributed by atoms with van der Waals surface area (Å²) >= 11 is 1.61. The summed E-state index contributed by atoms with van der Waals surface area (Å²) in [4.78, 5) is 2.07. The molecule has 0 fully saturated rings. The van der Waals surface area contributed by atoms with Crippen molar-refractivity contribution in [2.45, 2.75) is 49.3 Å². The van der Waals surface area contributed by atoms with Gasteiger partial charge in [0.25, 0.3) is 0 Å². The van der Waals surface area contributed by atoms with Crippen LogP contribution in [0.4, 0.5) is 0 Å². The summed E-state index contributed by atoms with van der Waals surface area (Å²) in [6, 6.07) is 14.3. The lowest BCUT2D eigenvalue weighted by molar-refractivity contribution is 0.458. The van der Waals surface area contributed by atoms with Gasteiger partial charge in [-0.1, -0.05) is 56.3 Å². The third kappa shape index (κ3) is 3.37. The van der Waals surface area contributed by atoms with Crippen LogP contribution in [0.5, 0.6) is 5.75 Å². The molecule has 0 saturated carbocycles. The van der Waals surface area contributed by atoms with E-state index in [0.717, 1.165) is 16.2 Å². The number of aryl methyl sites for hydroxylation is 1. The van der Waals surface area contributed by atoms with Crippen LogP contribution in [0.2, 0.25) is 0 Å². The lowest BCUT2D eigenvalue weighted by Gasteiger charge is -2.24. The van der Waals surface area contributed by atoms with E-state index in [2.05, 4.69) is 58.0 Å². The van der Waals surface area contributed by atoms with Crippen LogP contribution in [0.1, 0.15) is 38.3 Å². The van der Waals surface area contributed by atoms with E-state index in [0.29, 0.717) is 5.75 Å². The Labute approximate surface area is 126 Å². The highest BCUT2D eigenvalue weighted by Gasteiger charge is 2.19. The molecule has 1 nitrogen and oxygen atoms in total. The second-order valence-corrected chi connectivity index (χ2v) is 6.95. The van der Waals surface area contributed by atoms with Crippen molar-refractivity contribution in [3.05, 3.63) is 53.6 Å². The Balaban J connectivity index is 2.31. The molecule has 0 atom stereocenters. The molecule has 0 spiro atoms. The summed E-state index contributed by atoms with van der Waals surface area (Å²) in [7, 11) is 0. The van der Waals surface area contributed by atoms with Gasteiger partial charge >= 0.3 is 0 Å². The van der Waals surface area contributed by atoms with Gasteiger partial charge in [-0.15, -0.1) is 0 Å². The minimum Gasteiger partial charge on any atom is -0.507 e. The summed E-state index contributed by atoms with van der Waals surface area (Å²) in [6.45, 7) is 8.75. The van der Waals surface area contributed by atoms with Crippen LogP contribution < -0.4 is 0 Å². The topological polar surface area (TPSA) is 20.2 Å². The average Bonchev–Trinajstić information content (AvgIpc) is 2.43. The number of hydrogen-bond acceptors (Lipinski definition) is 2. The van der Waals surface area contributed by atoms with Crippen molar-refractivity contribution in [2.75, 3.05) is 0 Å². The molecule has 2 aromatic rings. The largest absolute Gasteiger partial charge is 0.507 e. The van der Waals surface area contributed by atoms with E-state index >= 15 is 0 Å². The first kappa shape index (κ1) is 15.0. The normalized spacial score (nSPS) is 11.6. The minimum atomic E-state index is 0.135. The van der Waals surface area contributed by atoms with Crippen LogP contribution in [0.25, 0.3) is 0 Å². The number of benzene rings is 2. The van der Waals surface area contributed by atoms with Crippen LogP contribution in [-0.2, 0) is 5.41 Å². The van der Waals surface area contributed by atoms with Crippen molar-refractivity contribution in [1.82, 2.24) is 0 Å². The first-order valence-corrected chi connectivity index (χ1v) is 7.82. The molecule has 0 aliphatic rings. The highest BCUT2D eigenvalue weighted by atomic mass is 32.2. The van der Waals surface area contributed by atoms with Gasteiger partial charge in [0.2, 0.25) is 0 Å². The maximum Gasteiger partial charge on any atom is 0.129 e. The zero-order valence-corrected chi connectivity index (χ0v) is 13.4. The predicted molar refractivity (Wildman–Crippen MR) is 86.7 cm³/mol. The standard InChI is InChI=1S/C18H22OS/c1-5-18(3,4)14-8-11-16(19)17(12-14)20-15-9-6-13(2)7-10-15/h6-12,19H,5H2,1-4H3. The Morgan fingerprint density at radius 1 is 1.05 bits per heavy atom. The molecular weight excluding hydrogens is 264 g/mol. The number of hydrogen-bond donors (Lipinski definition) is 1. The third-order valence-corrected chi connectivity index (χ3v) is 4.93. The van der Waals surface area contributed by atoms with Crippen molar-refractivity contribution in [2.24, 2.45) is 0 Å². The molecule has 0 unspecified atom stereocenters. The molecule has 0 radical (unpaired) electrons. The lowest BCUT2D eigenvalue weighted by Crippen LogP contribution is -2.15. The molecule has 0 amide bonds. The van der Waals surface area contributed by atoms with Crippen molar-refractivity contribution >= 4 is 11.8 Å². The summed E-state index contributed by atoms with van der Waals surface area (Å²) in [6.07, 6.45) is 1.08. The second kappa shape index (κ2) is 5.92. The van der Waals surface area contributed by atoms with Crippen molar-refractivity contribution in [1.29, 1.82) is 0 Å². The number of phenolic OH excluding ortho intramolecular Hbond substituents is 1. The fourth-order valence-corrected chi connectivity index (χ4v) is 2.84. The first-order valence-electron chi connectivity index (χ1n) is 7.00. The highest BCUT2D eigenvalue weighted by Crippen LogP contribution is 2.38. The SMILES string of the molecule is CCC(C)(C)c1ccc(O)c(Sc2ccc(C)cc2)c1. The Morgan fingerprint density at radius 3 is 2.30 bits per heavy atom. The predicted octanol–water partition coefficient (Wildman–Crippen LogP) is 5.54. The average molecular weight is 286 g/mol. The van der Waals surface area contributed by atoms with Crippen LogP contribution in [-0.4, -0.2) is 5.11 Å². The van der Waals surface area contributed by atoms with Gasteiger partial charge in [0.1, 0.15) is 5.75 Å².